The standard InChI is InChI=1S/C22H25N10O7PS2/c1-7-2-21-13-12(37-21)18(31-5-27-8-14(23)25-4-26-15(8)31)38-22(13,21)3-36-40(35,42)39-11(10(7)33)19(41)32-6-28-9-16(32)29-20(24)30-17(9)34/h4-7,10-13,18-19,33,41H,2-3H2,1H3,(H,35,42)(H2,23,25,26)(H3,24,29,30,34)/t7?,10-,11-,12-,13-,18-,19-,21?,22?,40?/m1/s1. The van der Waals surface area contributed by atoms with Crippen molar-refractivity contribution in [1.29, 1.82) is 0 Å². The first-order chi connectivity index (χ1) is 20.0. The van der Waals surface area contributed by atoms with Crippen LogP contribution in [0.15, 0.2) is 23.8 Å². The van der Waals surface area contributed by atoms with Gasteiger partial charge in [0.15, 0.2) is 28.9 Å². The third-order valence-electron chi connectivity index (χ3n) is 8.86. The van der Waals surface area contributed by atoms with Gasteiger partial charge in [-0.1, -0.05) is 6.92 Å². The van der Waals surface area contributed by atoms with E-state index in [0.717, 1.165) is 0 Å². The number of thiol groups is 1. The Morgan fingerprint density at radius 2 is 1.98 bits per heavy atom. The number of aromatic nitrogens is 8. The predicted octanol–water partition coefficient (Wildman–Crippen LogP) is -0.393. The van der Waals surface area contributed by atoms with E-state index >= 15 is 0 Å². The van der Waals surface area contributed by atoms with E-state index in [2.05, 4.69) is 42.5 Å². The van der Waals surface area contributed by atoms with Crippen LogP contribution in [0.5, 0.6) is 0 Å². The van der Waals surface area contributed by atoms with Crippen molar-refractivity contribution >= 4 is 65.2 Å². The lowest BCUT2D eigenvalue weighted by Crippen LogP contribution is -2.53. The van der Waals surface area contributed by atoms with Crippen LogP contribution < -0.4 is 17.0 Å². The minimum absolute atomic E-state index is 0.0254. The van der Waals surface area contributed by atoms with Crippen molar-refractivity contribution in [2.45, 2.75) is 54.5 Å². The summed E-state index contributed by atoms with van der Waals surface area (Å²) in [4.78, 5) is 46.7. The van der Waals surface area contributed by atoms with E-state index in [0.29, 0.717) is 17.6 Å². The SMILES string of the molecule is CC1CC23O[C@@H]4[C@H]2C3(COP(O)(=S)O[C@@H]([C@@H](S)n2cnc3c(=O)[nH]c(N)nc32)[C@@H]1O)O[C@H]4n1cnc2c(N)ncnc21. The molecule has 0 aromatic carbocycles. The van der Waals surface area contributed by atoms with Gasteiger partial charge in [0.05, 0.1) is 31.3 Å². The van der Waals surface area contributed by atoms with Crippen molar-refractivity contribution in [1.82, 2.24) is 39.0 Å². The molecule has 7 N–H and O–H groups in total. The topological polar surface area (TPSA) is 237 Å². The Hall–Kier alpha value is -2.74. The maximum Gasteiger partial charge on any atom is 0.325 e. The Morgan fingerprint density at radius 1 is 1.19 bits per heavy atom. The first-order valence-corrected chi connectivity index (χ1v) is 16.1. The highest BCUT2D eigenvalue weighted by Crippen LogP contribution is 2.80. The third kappa shape index (κ3) is 3.44. The second kappa shape index (κ2) is 8.67. The summed E-state index contributed by atoms with van der Waals surface area (Å²) in [5.41, 5.74) is 10.6. The molecule has 222 valence electrons. The number of ether oxygens (including phenoxy) is 2. The van der Waals surface area contributed by atoms with Gasteiger partial charge in [-0.2, -0.15) is 17.6 Å². The minimum Gasteiger partial charge on any atom is -0.390 e. The van der Waals surface area contributed by atoms with Crippen LogP contribution in [0, 0.1) is 11.8 Å². The van der Waals surface area contributed by atoms with Gasteiger partial charge < -0.3 is 35.5 Å². The summed E-state index contributed by atoms with van der Waals surface area (Å²) in [7, 11) is 0. The number of nitrogens with zero attached hydrogens (tertiary/aromatic N) is 7. The Balaban J connectivity index is 1.10. The van der Waals surface area contributed by atoms with E-state index in [-0.39, 0.29) is 41.6 Å². The number of fused-ring (bicyclic) bond motifs is 2. The van der Waals surface area contributed by atoms with E-state index in [4.69, 9.17) is 41.8 Å². The van der Waals surface area contributed by atoms with Crippen molar-refractivity contribution in [2.75, 3.05) is 18.1 Å². The largest absolute Gasteiger partial charge is 0.390 e. The molecule has 8 rings (SSSR count). The van der Waals surface area contributed by atoms with Gasteiger partial charge in [-0.05, 0) is 24.1 Å². The van der Waals surface area contributed by atoms with Crippen LogP contribution in [0.25, 0.3) is 22.3 Å². The smallest absolute Gasteiger partial charge is 0.325 e. The molecule has 3 saturated heterocycles. The van der Waals surface area contributed by atoms with Crippen molar-refractivity contribution in [3.63, 3.8) is 0 Å². The third-order valence-corrected chi connectivity index (χ3v) is 10.9. The van der Waals surface area contributed by atoms with Gasteiger partial charge in [-0.25, -0.2) is 19.9 Å². The lowest BCUT2D eigenvalue weighted by atomic mass is 9.87. The molecule has 4 aliphatic rings. The fourth-order valence-corrected chi connectivity index (χ4v) is 8.85. The average molecular weight is 637 g/mol. The normalized spacial score (nSPS) is 39.9. The highest BCUT2D eigenvalue weighted by atomic mass is 32.5. The molecule has 1 saturated carbocycles. The number of nitrogens with one attached hydrogen (secondary N) is 1. The Labute approximate surface area is 246 Å². The first kappa shape index (κ1) is 26.9. The maximum atomic E-state index is 12.3. The molecular weight excluding hydrogens is 611 g/mol. The molecule has 0 radical (unpaired) electrons. The van der Waals surface area contributed by atoms with Gasteiger partial charge in [0.25, 0.3) is 5.56 Å². The number of hydrogen-bond donors (Lipinski definition) is 6. The van der Waals surface area contributed by atoms with E-state index in [1.54, 1.807) is 10.9 Å². The summed E-state index contributed by atoms with van der Waals surface area (Å²) in [5, 5.41) is 10.6. The number of rotatable bonds is 3. The molecule has 2 spiro atoms. The van der Waals surface area contributed by atoms with Crippen LogP contribution >= 0.6 is 19.3 Å². The van der Waals surface area contributed by atoms with Crippen LogP contribution in [-0.4, -0.2) is 85.2 Å². The molecule has 1 aliphatic carbocycles. The summed E-state index contributed by atoms with van der Waals surface area (Å²) in [6.45, 7) is -2.24. The molecule has 4 unspecified atom stereocenters. The van der Waals surface area contributed by atoms with Gasteiger partial charge in [0.2, 0.25) is 5.95 Å². The molecule has 10 atom stereocenters. The Kier molecular flexibility index (Phi) is 5.55. The van der Waals surface area contributed by atoms with Crippen LogP contribution in [0.3, 0.4) is 0 Å². The molecule has 3 aliphatic heterocycles. The summed E-state index contributed by atoms with van der Waals surface area (Å²) >= 11 is 10.1. The summed E-state index contributed by atoms with van der Waals surface area (Å²) in [6.07, 6.45) is 1.33. The van der Waals surface area contributed by atoms with Crippen molar-refractivity contribution in [3.05, 3.63) is 29.3 Å². The van der Waals surface area contributed by atoms with E-state index < -0.39 is 53.2 Å². The van der Waals surface area contributed by atoms with E-state index in [1.165, 1.54) is 17.2 Å². The lowest BCUT2D eigenvalue weighted by molar-refractivity contribution is -0.266. The van der Waals surface area contributed by atoms with Gasteiger partial charge >= 0.3 is 6.72 Å². The number of hydrogen-bond acceptors (Lipinski definition) is 15. The predicted molar refractivity (Wildman–Crippen MR) is 151 cm³/mol. The van der Waals surface area contributed by atoms with E-state index in [9.17, 15) is 14.8 Å². The second-order valence-corrected chi connectivity index (χ2v) is 14.4. The van der Waals surface area contributed by atoms with Gasteiger partial charge in [-0.3, -0.25) is 23.4 Å². The molecule has 20 heteroatoms. The van der Waals surface area contributed by atoms with Crippen molar-refractivity contribution < 1.29 is 28.5 Å². The molecule has 4 aromatic heterocycles. The van der Waals surface area contributed by atoms with Crippen LogP contribution in [0.4, 0.5) is 11.8 Å². The van der Waals surface area contributed by atoms with Gasteiger partial charge in [0, 0.05) is 0 Å². The zero-order chi connectivity index (χ0) is 29.3. The fourth-order valence-electron chi connectivity index (χ4n) is 6.93. The molecule has 17 nitrogen and oxygen atoms in total. The fraction of sp³-hybridized carbons (Fsp3) is 0.545. The number of nitrogens with two attached hydrogens (primary N) is 2. The number of anilines is 2. The van der Waals surface area contributed by atoms with Crippen molar-refractivity contribution in [3.8, 4) is 0 Å². The number of aliphatic hydroxyl groups excluding tert-OH is 1. The zero-order valence-electron chi connectivity index (χ0n) is 21.7. The highest BCUT2D eigenvalue weighted by Gasteiger charge is 2.94. The number of aromatic amines is 1. The summed E-state index contributed by atoms with van der Waals surface area (Å²) < 4.78 is 28.0. The monoisotopic (exact) mass is 636 g/mol. The summed E-state index contributed by atoms with van der Waals surface area (Å²) in [6, 6.07) is 0. The molecule has 42 heavy (non-hydrogen) atoms. The molecular formula is C22H25N10O7PS2. The van der Waals surface area contributed by atoms with E-state index in [1.807, 2.05) is 6.92 Å². The minimum atomic E-state index is -3.98. The first-order valence-electron chi connectivity index (χ1n) is 13.0. The lowest BCUT2D eigenvalue weighted by Gasteiger charge is -2.45. The number of imidazole rings is 2. The molecule has 0 bridgehead atoms. The summed E-state index contributed by atoms with van der Waals surface area (Å²) in [5.74, 6) is -0.402. The highest BCUT2D eigenvalue weighted by molar-refractivity contribution is 8.07. The Morgan fingerprint density at radius 3 is 2.79 bits per heavy atom. The van der Waals surface area contributed by atoms with Crippen LogP contribution in [-0.2, 0) is 30.3 Å². The molecule has 4 fully saturated rings. The van der Waals surface area contributed by atoms with Crippen molar-refractivity contribution in [2.24, 2.45) is 11.8 Å². The molecule has 4 aromatic rings. The molecule has 0 amide bonds. The average Bonchev–Trinajstić information content (AvgIpc) is 3.45. The molecule has 7 heterocycles. The second-order valence-electron chi connectivity index (χ2n) is 11.1. The van der Waals surface area contributed by atoms with Crippen LogP contribution in [0.1, 0.15) is 24.9 Å². The number of aliphatic hydroxyl groups is 1. The van der Waals surface area contributed by atoms with Gasteiger partial charge in [0.1, 0.15) is 40.6 Å². The number of H-pyrrole nitrogens is 1. The number of nitrogen functional groups attached to an aromatic ring is 2. The zero-order valence-corrected chi connectivity index (χ0v) is 24.3. The van der Waals surface area contributed by atoms with Gasteiger partial charge in [-0.15, -0.1) is 0 Å². The maximum absolute atomic E-state index is 12.3. The quantitative estimate of drug-likeness (QED) is 0.124. The van der Waals surface area contributed by atoms with Crippen LogP contribution in [0.2, 0.25) is 0 Å². The Bertz CT molecular complexity index is 1890.